The fourth-order valence-corrected chi connectivity index (χ4v) is 3.42. The molecule has 0 saturated carbocycles. The van der Waals surface area contributed by atoms with Crippen LogP contribution in [0.25, 0.3) is 0 Å². The summed E-state index contributed by atoms with van der Waals surface area (Å²) < 4.78 is 45.6. The predicted octanol–water partition coefficient (Wildman–Crippen LogP) is 1.65. The minimum atomic E-state index is -3.99. The summed E-state index contributed by atoms with van der Waals surface area (Å²) in [6.45, 7) is 5.72. The summed E-state index contributed by atoms with van der Waals surface area (Å²) in [5, 5.41) is 0. The van der Waals surface area contributed by atoms with Gasteiger partial charge in [-0.1, -0.05) is 13.8 Å². The van der Waals surface area contributed by atoms with Crippen molar-refractivity contribution < 1.29 is 22.3 Å². The normalized spacial score (nSPS) is 13.1. The number of carbonyl (C=O) groups excluding carboxylic acids is 1. The van der Waals surface area contributed by atoms with E-state index < -0.39 is 27.9 Å². The first-order chi connectivity index (χ1) is 10.7. The molecule has 130 valence electrons. The summed E-state index contributed by atoms with van der Waals surface area (Å²) in [6.07, 6.45) is 0.551. The highest BCUT2D eigenvalue weighted by Crippen LogP contribution is 2.17. The summed E-state index contributed by atoms with van der Waals surface area (Å²) in [7, 11) is -3.99. The highest BCUT2D eigenvalue weighted by atomic mass is 32.2. The van der Waals surface area contributed by atoms with E-state index in [1.54, 1.807) is 6.92 Å². The Kier molecular flexibility index (Phi) is 7.11. The maximum absolute atomic E-state index is 13.7. The van der Waals surface area contributed by atoms with Crippen LogP contribution in [0.5, 0.6) is 0 Å². The first-order valence-electron chi connectivity index (χ1n) is 7.39. The monoisotopic (exact) mass is 346 g/mol. The van der Waals surface area contributed by atoms with Crippen LogP contribution in [0.1, 0.15) is 37.6 Å². The number of esters is 1. The molecule has 0 radical (unpaired) electrons. The van der Waals surface area contributed by atoms with Crippen molar-refractivity contribution in [2.75, 3.05) is 13.2 Å². The summed E-state index contributed by atoms with van der Waals surface area (Å²) in [5.41, 5.74) is 5.43. The van der Waals surface area contributed by atoms with Crippen molar-refractivity contribution in [3.05, 3.63) is 29.6 Å². The summed E-state index contributed by atoms with van der Waals surface area (Å²) in [6, 6.07) is 2.42. The third-order valence-corrected chi connectivity index (χ3v) is 4.55. The standard InChI is InChI=1S/C15H23FN2O4S/c1-4-22-15(19)11-6-12(16)8-14(7-11)23(20,21)18-13(9-17)5-10(2)3/h6-8,10,13,18H,4-5,9,17H2,1-3H3. The molecule has 0 aromatic heterocycles. The van der Waals surface area contributed by atoms with Crippen molar-refractivity contribution in [2.24, 2.45) is 11.7 Å². The molecule has 1 atom stereocenters. The molecule has 6 nitrogen and oxygen atoms in total. The zero-order valence-corrected chi connectivity index (χ0v) is 14.3. The number of ether oxygens (including phenoxy) is 1. The van der Waals surface area contributed by atoms with Gasteiger partial charge in [0.2, 0.25) is 10.0 Å². The van der Waals surface area contributed by atoms with E-state index in [-0.39, 0.29) is 29.5 Å². The van der Waals surface area contributed by atoms with E-state index in [0.29, 0.717) is 6.42 Å². The number of rotatable bonds is 8. The van der Waals surface area contributed by atoms with Gasteiger partial charge in [-0.05, 0) is 37.5 Å². The van der Waals surface area contributed by atoms with Crippen LogP contribution in [-0.2, 0) is 14.8 Å². The summed E-state index contributed by atoms with van der Waals surface area (Å²) in [5.74, 6) is -1.36. The molecule has 3 N–H and O–H groups in total. The van der Waals surface area contributed by atoms with Gasteiger partial charge < -0.3 is 10.5 Å². The molecule has 0 spiro atoms. The molecule has 0 heterocycles. The molecule has 0 fully saturated rings. The number of carbonyl (C=O) groups is 1. The molecule has 0 saturated heterocycles. The van der Waals surface area contributed by atoms with Gasteiger partial charge in [0, 0.05) is 12.6 Å². The van der Waals surface area contributed by atoms with Crippen LogP contribution in [0.15, 0.2) is 23.1 Å². The molecule has 0 amide bonds. The van der Waals surface area contributed by atoms with Crippen molar-refractivity contribution >= 4 is 16.0 Å². The predicted molar refractivity (Wildman–Crippen MR) is 85.0 cm³/mol. The van der Waals surface area contributed by atoms with E-state index in [4.69, 9.17) is 10.5 Å². The van der Waals surface area contributed by atoms with Crippen LogP contribution < -0.4 is 10.5 Å². The highest BCUT2D eigenvalue weighted by molar-refractivity contribution is 7.89. The second-order valence-corrected chi connectivity index (χ2v) is 7.29. The third kappa shape index (κ3) is 5.89. The van der Waals surface area contributed by atoms with Crippen molar-refractivity contribution in [3.8, 4) is 0 Å². The van der Waals surface area contributed by atoms with E-state index >= 15 is 0 Å². The second kappa shape index (κ2) is 8.37. The Morgan fingerprint density at radius 3 is 2.52 bits per heavy atom. The van der Waals surface area contributed by atoms with Crippen molar-refractivity contribution in [1.82, 2.24) is 4.72 Å². The number of nitrogens with one attached hydrogen (secondary N) is 1. The van der Waals surface area contributed by atoms with Gasteiger partial charge in [-0.2, -0.15) is 0 Å². The first kappa shape index (κ1) is 19.5. The molecule has 1 aromatic carbocycles. The fourth-order valence-electron chi connectivity index (χ4n) is 2.10. The van der Waals surface area contributed by atoms with Crippen LogP contribution in [0.4, 0.5) is 4.39 Å². The number of halogens is 1. The molecule has 0 aliphatic heterocycles. The smallest absolute Gasteiger partial charge is 0.338 e. The van der Waals surface area contributed by atoms with Crippen molar-refractivity contribution in [3.63, 3.8) is 0 Å². The largest absolute Gasteiger partial charge is 0.462 e. The number of hydrogen-bond acceptors (Lipinski definition) is 5. The minimum absolute atomic E-state index is 0.110. The lowest BCUT2D eigenvalue weighted by molar-refractivity contribution is 0.0525. The van der Waals surface area contributed by atoms with Crippen LogP contribution in [0.3, 0.4) is 0 Å². The van der Waals surface area contributed by atoms with Crippen LogP contribution in [-0.4, -0.2) is 33.6 Å². The zero-order chi connectivity index (χ0) is 17.6. The molecule has 8 heteroatoms. The van der Waals surface area contributed by atoms with E-state index in [1.807, 2.05) is 13.8 Å². The maximum Gasteiger partial charge on any atom is 0.338 e. The zero-order valence-electron chi connectivity index (χ0n) is 13.5. The van der Waals surface area contributed by atoms with E-state index in [2.05, 4.69) is 4.72 Å². The van der Waals surface area contributed by atoms with Crippen LogP contribution >= 0.6 is 0 Å². The number of nitrogens with two attached hydrogens (primary N) is 1. The lowest BCUT2D eigenvalue weighted by atomic mass is 10.1. The second-order valence-electron chi connectivity index (χ2n) is 5.58. The van der Waals surface area contributed by atoms with Gasteiger partial charge in [0.1, 0.15) is 5.82 Å². The Morgan fingerprint density at radius 2 is 2.00 bits per heavy atom. The van der Waals surface area contributed by atoms with E-state index in [0.717, 1.165) is 18.2 Å². The number of benzene rings is 1. The minimum Gasteiger partial charge on any atom is -0.462 e. The summed E-state index contributed by atoms with van der Waals surface area (Å²) >= 11 is 0. The quantitative estimate of drug-likeness (QED) is 0.698. The average molecular weight is 346 g/mol. The van der Waals surface area contributed by atoms with Crippen LogP contribution in [0.2, 0.25) is 0 Å². The topological polar surface area (TPSA) is 98.5 Å². The lowest BCUT2D eigenvalue weighted by Gasteiger charge is -2.19. The Hall–Kier alpha value is -1.51. The average Bonchev–Trinajstić information content (AvgIpc) is 2.45. The molecular weight excluding hydrogens is 323 g/mol. The fraction of sp³-hybridized carbons (Fsp3) is 0.533. The molecule has 0 bridgehead atoms. The SMILES string of the molecule is CCOC(=O)c1cc(F)cc(S(=O)(=O)NC(CN)CC(C)C)c1. The molecule has 23 heavy (non-hydrogen) atoms. The van der Waals surface area contributed by atoms with Gasteiger partial charge in [-0.15, -0.1) is 0 Å². The van der Waals surface area contributed by atoms with Gasteiger partial charge in [0.25, 0.3) is 0 Å². The van der Waals surface area contributed by atoms with Gasteiger partial charge in [-0.25, -0.2) is 22.3 Å². The Morgan fingerprint density at radius 1 is 1.35 bits per heavy atom. The summed E-state index contributed by atoms with van der Waals surface area (Å²) in [4.78, 5) is 11.3. The lowest BCUT2D eigenvalue weighted by Crippen LogP contribution is -2.41. The van der Waals surface area contributed by atoms with Gasteiger partial charge >= 0.3 is 5.97 Å². The molecule has 1 unspecified atom stereocenters. The van der Waals surface area contributed by atoms with Gasteiger partial charge in [0.15, 0.2) is 0 Å². The van der Waals surface area contributed by atoms with Gasteiger partial charge in [0.05, 0.1) is 17.1 Å². The van der Waals surface area contributed by atoms with E-state index in [9.17, 15) is 17.6 Å². The maximum atomic E-state index is 13.7. The molecule has 1 rings (SSSR count). The van der Waals surface area contributed by atoms with Crippen molar-refractivity contribution in [2.45, 2.75) is 38.1 Å². The molecular formula is C15H23FN2O4S. The molecule has 1 aromatic rings. The number of sulfonamides is 1. The third-order valence-electron chi connectivity index (χ3n) is 3.05. The number of hydrogen-bond donors (Lipinski definition) is 2. The van der Waals surface area contributed by atoms with Crippen molar-refractivity contribution in [1.29, 1.82) is 0 Å². The first-order valence-corrected chi connectivity index (χ1v) is 8.88. The highest BCUT2D eigenvalue weighted by Gasteiger charge is 2.22. The molecule has 0 aliphatic rings. The molecule has 0 aliphatic carbocycles. The Labute approximate surface area is 136 Å². The Balaban J connectivity index is 3.10. The van der Waals surface area contributed by atoms with E-state index in [1.165, 1.54) is 0 Å². The Bertz CT molecular complexity index is 647. The van der Waals surface area contributed by atoms with Crippen LogP contribution in [0, 0.1) is 11.7 Å². The van der Waals surface area contributed by atoms with Gasteiger partial charge in [-0.3, -0.25) is 0 Å².